The van der Waals surface area contributed by atoms with Crippen molar-refractivity contribution in [3.05, 3.63) is 53.6 Å². The fourth-order valence-electron chi connectivity index (χ4n) is 5.51. The molecule has 0 spiro atoms. The van der Waals surface area contributed by atoms with Gasteiger partial charge in [0.25, 0.3) is 5.91 Å². The molecule has 11 heteroatoms. The Morgan fingerprint density at radius 1 is 1.02 bits per heavy atom. The number of piperidine rings is 2. The van der Waals surface area contributed by atoms with Crippen molar-refractivity contribution in [2.75, 3.05) is 26.8 Å². The Hall–Kier alpha value is -3.44. The van der Waals surface area contributed by atoms with Gasteiger partial charge >= 0.3 is 0 Å². The van der Waals surface area contributed by atoms with Gasteiger partial charge in [0.15, 0.2) is 18.1 Å². The molecule has 222 valence electrons. The van der Waals surface area contributed by atoms with Crippen LogP contribution in [0.5, 0.6) is 11.5 Å². The number of aryl methyl sites for hydroxylation is 1. The van der Waals surface area contributed by atoms with Crippen molar-refractivity contribution in [1.29, 1.82) is 0 Å². The zero-order valence-corrected chi connectivity index (χ0v) is 25.0. The molecule has 0 aromatic heterocycles. The van der Waals surface area contributed by atoms with Gasteiger partial charge in [0.2, 0.25) is 15.9 Å². The van der Waals surface area contributed by atoms with Crippen molar-refractivity contribution in [2.24, 2.45) is 11.0 Å². The molecule has 0 saturated carbocycles. The lowest BCUT2D eigenvalue weighted by molar-refractivity contribution is -0.139. The number of carbonyl (C=O) groups is 2. The number of hydrogen-bond donors (Lipinski definition) is 1. The highest BCUT2D eigenvalue weighted by atomic mass is 32.2. The van der Waals surface area contributed by atoms with Gasteiger partial charge in [-0.1, -0.05) is 17.7 Å². The van der Waals surface area contributed by atoms with E-state index in [1.165, 1.54) is 17.6 Å². The maximum Gasteiger partial charge on any atom is 0.260 e. The first-order valence-electron chi connectivity index (χ1n) is 14.1. The molecule has 1 N–H and O–H groups in total. The van der Waals surface area contributed by atoms with Gasteiger partial charge in [-0.25, -0.2) is 13.8 Å². The second-order valence-electron chi connectivity index (χ2n) is 10.9. The summed E-state index contributed by atoms with van der Waals surface area (Å²) in [5.41, 5.74) is 4.18. The van der Waals surface area contributed by atoms with Crippen molar-refractivity contribution < 1.29 is 27.5 Å². The number of rotatable bonds is 9. The number of hydrogen-bond acceptors (Lipinski definition) is 7. The summed E-state index contributed by atoms with van der Waals surface area (Å²) in [7, 11) is -2.16. The summed E-state index contributed by atoms with van der Waals surface area (Å²) in [6, 6.07) is 12.3. The Balaban J connectivity index is 1.32. The molecule has 2 saturated heterocycles. The highest BCUT2D eigenvalue weighted by molar-refractivity contribution is 7.89. The third-order valence-corrected chi connectivity index (χ3v) is 9.70. The standard InChI is InChI=1S/C30H40N4O6S/c1-21-10-13-26(14-11-21)41(37,38)33-16-6-9-25(19-33)30(36)32-31-18-24-12-15-27(28(17-24)39-4)40-20-29(35)34-22(2)7-5-8-23(34)3/h10-15,17-18,22-23,25H,5-9,16,19-20H2,1-4H3,(H,32,36)/b31-18-/t22-,23+,25-/m0/s1. The Morgan fingerprint density at radius 3 is 2.41 bits per heavy atom. The number of benzene rings is 2. The Bertz CT molecular complexity index is 1350. The molecule has 2 heterocycles. The van der Waals surface area contributed by atoms with Gasteiger partial charge in [-0.2, -0.15) is 9.41 Å². The molecular formula is C30H40N4O6S. The molecule has 0 aliphatic carbocycles. The molecule has 2 aromatic rings. The average molecular weight is 585 g/mol. The van der Waals surface area contributed by atoms with Gasteiger partial charge in [-0.05, 0) is 88.8 Å². The first-order valence-corrected chi connectivity index (χ1v) is 15.6. The van der Waals surface area contributed by atoms with E-state index >= 15 is 0 Å². The van der Waals surface area contributed by atoms with Crippen molar-refractivity contribution >= 4 is 28.1 Å². The van der Waals surface area contributed by atoms with Crippen LogP contribution < -0.4 is 14.9 Å². The average Bonchev–Trinajstić information content (AvgIpc) is 2.96. The van der Waals surface area contributed by atoms with Crippen LogP contribution in [0.25, 0.3) is 0 Å². The minimum atomic E-state index is -3.68. The highest BCUT2D eigenvalue weighted by Crippen LogP contribution is 2.29. The summed E-state index contributed by atoms with van der Waals surface area (Å²) in [5.74, 6) is -0.00694. The second-order valence-corrected chi connectivity index (χ2v) is 12.8. The molecule has 4 rings (SSSR count). The molecule has 2 amide bonds. The van der Waals surface area contributed by atoms with Gasteiger partial charge in [0.05, 0.1) is 24.1 Å². The van der Waals surface area contributed by atoms with Crippen LogP contribution in [-0.4, -0.2) is 74.5 Å². The number of nitrogens with one attached hydrogen (secondary N) is 1. The number of methoxy groups -OCH3 is 1. The molecule has 2 aliphatic rings. The van der Waals surface area contributed by atoms with E-state index in [1.54, 1.807) is 42.5 Å². The van der Waals surface area contributed by atoms with Crippen molar-refractivity contribution in [3.63, 3.8) is 0 Å². The minimum absolute atomic E-state index is 0.0481. The number of hydrazone groups is 1. The number of sulfonamides is 1. The van der Waals surface area contributed by atoms with Crippen molar-refractivity contribution in [2.45, 2.75) is 69.9 Å². The third kappa shape index (κ3) is 7.45. The quantitative estimate of drug-likeness (QED) is 0.355. The van der Waals surface area contributed by atoms with E-state index < -0.39 is 15.9 Å². The Morgan fingerprint density at radius 2 is 1.73 bits per heavy atom. The highest BCUT2D eigenvalue weighted by Gasteiger charge is 2.33. The summed E-state index contributed by atoms with van der Waals surface area (Å²) >= 11 is 0. The van der Waals surface area contributed by atoms with Crippen LogP contribution in [0.1, 0.15) is 57.1 Å². The summed E-state index contributed by atoms with van der Waals surface area (Å²) in [6.07, 6.45) is 5.76. The van der Waals surface area contributed by atoms with Gasteiger partial charge < -0.3 is 14.4 Å². The van der Waals surface area contributed by atoms with E-state index in [-0.39, 0.29) is 41.9 Å². The van der Waals surface area contributed by atoms with Gasteiger partial charge in [-0.3, -0.25) is 9.59 Å². The summed E-state index contributed by atoms with van der Waals surface area (Å²) in [6.45, 7) is 6.44. The lowest BCUT2D eigenvalue weighted by Gasteiger charge is -2.39. The lowest BCUT2D eigenvalue weighted by atomic mass is 9.97. The SMILES string of the molecule is COc1cc(/C=N\NC(=O)[C@H]2CCCN(S(=O)(=O)c3ccc(C)cc3)C2)ccc1OCC(=O)N1[C@H](C)CCC[C@@H]1C. The van der Waals surface area contributed by atoms with Crippen LogP contribution in [0, 0.1) is 12.8 Å². The number of likely N-dealkylation sites (tertiary alicyclic amines) is 1. The lowest BCUT2D eigenvalue weighted by Crippen LogP contribution is -2.49. The zero-order valence-electron chi connectivity index (χ0n) is 24.2. The molecule has 3 atom stereocenters. The van der Waals surface area contributed by atoms with Gasteiger partial charge in [-0.15, -0.1) is 0 Å². The van der Waals surface area contributed by atoms with Crippen molar-refractivity contribution in [3.8, 4) is 11.5 Å². The Labute approximate surface area is 242 Å². The summed E-state index contributed by atoms with van der Waals surface area (Å²) < 4.78 is 38.8. The predicted octanol–water partition coefficient (Wildman–Crippen LogP) is 3.72. The molecular weight excluding hydrogens is 544 g/mol. The normalized spacial score (nSPS) is 22.0. The summed E-state index contributed by atoms with van der Waals surface area (Å²) in [4.78, 5) is 27.8. The fourth-order valence-corrected chi connectivity index (χ4v) is 7.03. The first-order chi connectivity index (χ1) is 19.6. The minimum Gasteiger partial charge on any atom is -0.493 e. The Kier molecular flexibility index (Phi) is 10.0. The van der Waals surface area contributed by atoms with Gasteiger partial charge in [0, 0.05) is 25.2 Å². The molecule has 2 fully saturated rings. The zero-order chi connectivity index (χ0) is 29.6. The maximum atomic E-state index is 13.1. The van der Waals surface area contributed by atoms with Crippen molar-refractivity contribution in [1.82, 2.24) is 14.6 Å². The number of nitrogens with zero attached hydrogens (tertiary/aromatic N) is 3. The van der Waals surface area contributed by atoms with Crippen LogP contribution in [0.4, 0.5) is 0 Å². The van der Waals surface area contributed by atoms with Crippen LogP contribution in [0.15, 0.2) is 52.5 Å². The van der Waals surface area contributed by atoms with E-state index in [1.807, 2.05) is 11.8 Å². The molecule has 0 radical (unpaired) electrons. The number of amides is 2. The fraction of sp³-hybridized carbons (Fsp3) is 0.500. The topological polar surface area (TPSA) is 118 Å². The van der Waals surface area contributed by atoms with E-state index in [0.717, 1.165) is 24.8 Å². The molecule has 0 bridgehead atoms. The maximum absolute atomic E-state index is 13.1. The van der Waals surface area contributed by atoms with Crippen LogP contribution in [0.3, 0.4) is 0 Å². The molecule has 41 heavy (non-hydrogen) atoms. The van der Waals surface area contributed by atoms with Gasteiger partial charge in [0.1, 0.15) is 0 Å². The van der Waals surface area contributed by atoms with Crippen LogP contribution >= 0.6 is 0 Å². The predicted molar refractivity (Wildman–Crippen MR) is 157 cm³/mol. The number of ether oxygens (including phenoxy) is 2. The largest absolute Gasteiger partial charge is 0.493 e. The molecule has 0 unspecified atom stereocenters. The molecule has 2 aromatic carbocycles. The smallest absolute Gasteiger partial charge is 0.260 e. The monoisotopic (exact) mass is 584 g/mol. The van der Waals surface area contributed by atoms with E-state index in [2.05, 4.69) is 24.4 Å². The van der Waals surface area contributed by atoms with Crippen LogP contribution in [0.2, 0.25) is 0 Å². The molecule has 2 aliphatic heterocycles. The van der Waals surface area contributed by atoms with E-state index in [9.17, 15) is 18.0 Å². The first kappa shape index (κ1) is 30.5. The van der Waals surface area contributed by atoms with E-state index in [4.69, 9.17) is 9.47 Å². The second kappa shape index (κ2) is 13.5. The third-order valence-electron chi connectivity index (χ3n) is 7.82. The number of carbonyl (C=O) groups excluding carboxylic acids is 2. The van der Waals surface area contributed by atoms with E-state index in [0.29, 0.717) is 36.4 Å². The van der Waals surface area contributed by atoms with Crippen LogP contribution in [-0.2, 0) is 19.6 Å². The molecule has 10 nitrogen and oxygen atoms in total. The summed E-state index contributed by atoms with van der Waals surface area (Å²) in [5, 5.41) is 4.08.